The van der Waals surface area contributed by atoms with Crippen LogP contribution in [0.4, 0.5) is 0 Å². The lowest BCUT2D eigenvalue weighted by atomic mass is 10.2. The average Bonchev–Trinajstić information content (AvgIpc) is 3.33. The Morgan fingerprint density at radius 2 is 1.18 bits per heavy atom. The smallest absolute Gasteiger partial charge is 0.337 e. The summed E-state index contributed by atoms with van der Waals surface area (Å²) < 4.78 is 12.9. The van der Waals surface area contributed by atoms with E-state index in [1.807, 2.05) is 133 Å². The number of nitrogens with zero attached hydrogens (tertiary/aromatic N) is 1. The van der Waals surface area contributed by atoms with Crippen molar-refractivity contribution in [3.05, 3.63) is 138 Å². The number of aromatic nitrogens is 1. The van der Waals surface area contributed by atoms with Gasteiger partial charge in [0.1, 0.15) is 28.5 Å². The number of methoxy groups -OCH3 is 2. The molecule has 0 amide bonds. The van der Waals surface area contributed by atoms with Crippen molar-refractivity contribution >= 4 is 40.0 Å². The Morgan fingerprint density at radius 3 is 1.64 bits per heavy atom. The molecule has 39 heavy (non-hydrogen) atoms. The fourth-order valence-electron chi connectivity index (χ4n) is 5.46. The van der Waals surface area contributed by atoms with Crippen molar-refractivity contribution in [3.8, 4) is 0 Å². The van der Waals surface area contributed by atoms with E-state index in [9.17, 15) is 9.90 Å². The Hall–Kier alpha value is -4.34. The normalized spacial score (nSPS) is 13.0. The molecule has 0 N–H and O–H groups in total. The SMILES string of the molecule is COC(=O)C(/C(=C(/[O-])OC)[P+](c1ccccc1)(c1ccccc1)c1ccccc1)n1c(C)cc2ccccc21. The van der Waals surface area contributed by atoms with Gasteiger partial charge in [0.05, 0.1) is 13.1 Å². The first-order valence-electron chi connectivity index (χ1n) is 12.7. The second-order valence-corrected chi connectivity index (χ2v) is 12.6. The largest absolute Gasteiger partial charge is 0.614 e. The van der Waals surface area contributed by atoms with Crippen LogP contribution in [0.1, 0.15) is 11.7 Å². The summed E-state index contributed by atoms with van der Waals surface area (Å²) in [6.07, 6.45) is 0. The number of aryl methyl sites for hydroxylation is 1. The first-order chi connectivity index (χ1) is 19.0. The Morgan fingerprint density at radius 1 is 0.718 bits per heavy atom. The summed E-state index contributed by atoms with van der Waals surface area (Å²) in [5.74, 6) is -1.08. The molecule has 0 aliphatic heterocycles. The molecule has 1 heterocycles. The van der Waals surface area contributed by atoms with Crippen LogP contribution in [-0.4, -0.2) is 24.8 Å². The van der Waals surface area contributed by atoms with Crippen molar-refractivity contribution in [2.45, 2.75) is 13.0 Å². The molecule has 0 saturated heterocycles. The van der Waals surface area contributed by atoms with Gasteiger partial charge < -0.3 is 19.1 Å². The number of carbonyl (C=O) groups excluding carboxylic acids is 1. The Labute approximate surface area is 229 Å². The number of benzene rings is 4. The lowest BCUT2D eigenvalue weighted by molar-refractivity contribution is -0.354. The number of rotatable bonds is 8. The van der Waals surface area contributed by atoms with Gasteiger partial charge in [-0.2, -0.15) is 0 Å². The number of hydrogen-bond donors (Lipinski definition) is 0. The molecule has 1 unspecified atom stereocenters. The number of para-hydroxylation sites is 1. The zero-order valence-corrected chi connectivity index (χ0v) is 23.0. The molecular weight excluding hydrogens is 505 g/mol. The third-order valence-electron chi connectivity index (χ3n) is 7.07. The van der Waals surface area contributed by atoms with E-state index in [1.165, 1.54) is 14.2 Å². The molecule has 6 heteroatoms. The van der Waals surface area contributed by atoms with E-state index in [0.717, 1.165) is 32.5 Å². The summed E-state index contributed by atoms with van der Waals surface area (Å²) >= 11 is 0. The van der Waals surface area contributed by atoms with Crippen molar-refractivity contribution in [2.75, 3.05) is 14.2 Å². The maximum atomic E-state index is 14.2. The summed E-state index contributed by atoms with van der Waals surface area (Å²) in [4.78, 5) is 14.0. The molecule has 0 bridgehead atoms. The molecule has 5 nitrogen and oxygen atoms in total. The molecule has 0 radical (unpaired) electrons. The van der Waals surface area contributed by atoms with Crippen LogP contribution < -0.4 is 21.0 Å². The van der Waals surface area contributed by atoms with E-state index in [4.69, 9.17) is 9.47 Å². The van der Waals surface area contributed by atoms with Gasteiger partial charge in [0.2, 0.25) is 0 Å². The fourth-order valence-corrected chi connectivity index (χ4v) is 10.0. The molecule has 0 aliphatic rings. The quantitative estimate of drug-likeness (QED) is 0.162. The third kappa shape index (κ3) is 4.49. The van der Waals surface area contributed by atoms with Crippen molar-refractivity contribution in [3.63, 3.8) is 0 Å². The third-order valence-corrected chi connectivity index (χ3v) is 11.4. The van der Waals surface area contributed by atoms with Crippen LogP contribution in [-0.2, 0) is 14.3 Å². The van der Waals surface area contributed by atoms with E-state index < -0.39 is 25.2 Å². The van der Waals surface area contributed by atoms with E-state index in [-0.39, 0.29) is 0 Å². The maximum absolute atomic E-state index is 14.2. The predicted octanol–water partition coefficient (Wildman–Crippen LogP) is 4.83. The predicted molar refractivity (Wildman–Crippen MR) is 157 cm³/mol. The van der Waals surface area contributed by atoms with Crippen LogP contribution in [0.15, 0.2) is 133 Å². The highest BCUT2D eigenvalue weighted by Gasteiger charge is 2.55. The number of hydrogen-bond acceptors (Lipinski definition) is 4. The number of ether oxygens (including phenoxy) is 2. The van der Waals surface area contributed by atoms with E-state index in [2.05, 4.69) is 0 Å². The van der Waals surface area contributed by atoms with Gasteiger partial charge in [0.15, 0.2) is 6.04 Å². The number of fused-ring (bicyclic) bond motifs is 1. The average molecular weight is 536 g/mol. The van der Waals surface area contributed by atoms with Gasteiger partial charge in [-0.25, -0.2) is 4.79 Å². The lowest BCUT2D eigenvalue weighted by Crippen LogP contribution is -2.39. The lowest BCUT2D eigenvalue weighted by Gasteiger charge is -2.35. The van der Waals surface area contributed by atoms with Crippen LogP contribution in [0.25, 0.3) is 10.9 Å². The minimum Gasteiger partial charge on any atom is -0.614 e. The maximum Gasteiger partial charge on any atom is 0.337 e. The van der Waals surface area contributed by atoms with Crippen LogP contribution in [0.3, 0.4) is 0 Å². The first-order valence-corrected chi connectivity index (χ1v) is 14.5. The van der Waals surface area contributed by atoms with E-state index >= 15 is 0 Å². The van der Waals surface area contributed by atoms with Crippen LogP contribution in [0.5, 0.6) is 0 Å². The van der Waals surface area contributed by atoms with E-state index in [0.29, 0.717) is 5.31 Å². The Bertz CT molecular complexity index is 1510. The summed E-state index contributed by atoms with van der Waals surface area (Å²) in [7, 11) is -0.250. The van der Waals surface area contributed by atoms with Gasteiger partial charge in [-0.1, -0.05) is 72.8 Å². The van der Waals surface area contributed by atoms with Crippen LogP contribution in [0, 0.1) is 6.92 Å². The number of esters is 1. The molecule has 5 rings (SSSR count). The van der Waals surface area contributed by atoms with Gasteiger partial charge in [-0.05, 0) is 68.0 Å². The molecule has 196 valence electrons. The Balaban J connectivity index is 1.99. The highest BCUT2D eigenvalue weighted by Crippen LogP contribution is 2.66. The minimum absolute atomic E-state index is 0.352. The monoisotopic (exact) mass is 535 g/mol. The molecule has 1 atom stereocenters. The van der Waals surface area contributed by atoms with Crippen molar-refractivity contribution in [2.24, 2.45) is 0 Å². The zero-order valence-electron chi connectivity index (χ0n) is 22.2. The zero-order chi connectivity index (χ0) is 27.4. The Kier molecular flexibility index (Phi) is 7.53. The van der Waals surface area contributed by atoms with Gasteiger partial charge in [0, 0.05) is 11.2 Å². The van der Waals surface area contributed by atoms with Crippen molar-refractivity contribution in [1.82, 2.24) is 4.57 Å². The topological polar surface area (TPSA) is 63.5 Å². The summed E-state index contributed by atoms with van der Waals surface area (Å²) in [6.45, 7) is 1.94. The van der Waals surface area contributed by atoms with Crippen LogP contribution in [0.2, 0.25) is 0 Å². The van der Waals surface area contributed by atoms with Gasteiger partial charge >= 0.3 is 5.97 Å². The summed E-state index contributed by atoms with van der Waals surface area (Å²) in [5, 5.41) is 18.4. The summed E-state index contributed by atoms with van der Waals surface area (Å²) in [5.41, 5.74) is 1.67. The number of carbonyl (C=O) groups is 1. The molecule has 1 aromatic heterocycles. The van der Waals surface area contributed by atoms with Gasteiger partial charge in [-0.3, -0.25) is 0 Å². The molecule has 0 spiro atoms. The molecule has 0 saturated carbocycles. The van der Waals surface area contributed by atoms with Gasteiger partial charge in [0.25, 0.3) is 0 Å². The second kappa shape index (κ2) is 11.2. The molecular formula is C33H30NO4P. The van der Waals surface area contributed by atoms with E-state index in [1.54, 1.807) is 0 Å². The van der Waals surface area contributed by atoms with Crippen LogP contribution >= 0.6 is 7.26 Å². The van der Waals surface area contributed by atoms with Crippen molar-refractivity contribution in [1.29, 1.82) is 0 Å². The highest BCUT2D eigenvalue weighted by molar-refractivity contribution is 7.99. The molecule has 0 fully saturated rings. The van der Waals surface area contributed by atoms with Crippen molar-refractivity contribution < 1.29 is 19.4 Å². The van der Waals surface area contributed by atoms with Gasteiger partial charge in [-0.15, -0.1) is 0 Å². The highest BCUT2D eigenvalue weighted by atomic mass is 31.2. The fraction of sp³-hybridized carbons (Fsp3) is 0.121. The molecule has 5 aromatic rings. The molecule has 4 aromatic carbocycles. The minimum atomic E-state index is -2.98. The second-order valence-electron chi connectivity index (χ2n) is 9.19. The molecule has 0 aliphatic carbocycles. The summed E-state index contributed by atoms with van der Waals surface area (Å²) in [6, 6.07) is 38.6. The first kappa shape index (κ1) is 26.3. The standard InChI is InChI=1S/C33H30NO4P/c1-24-23-25-15-13-14-22-29(25)34(24)30(32(35)37-2)31(33(36)38-3)39(26-16-7-4-8-17-26,27-18-9-5-10-19-27)28-20-11-6-12-21-28/h4-23,30H,1-3H3/b33-31+.